The maximum atomic E-state index is 11.6. The Morgan fingerprint density at radius 1 is 1.09 bits per heavy atom. The summed E-state index contributed by atoms with van der Waals surface area (Å²) < 4.78 is 5.45. The Morgan fingerprint density at radius 2 is 1.74 bits per heavy atom. The van der Waals surface area contributed by atoms with E-state index >= 15 is 0 Å². The van der Waals surface area contributed by atoms with E-state index in [1.807, 2.05) is 31.2 Å². The Bertz CT molecular complexity index is 688. The van der Waals surface area contributed by atoms with E-state index in [4.69, 9.17) is 4.74 Å². The molecule has 1 aliphatic heterocycles. The smallest absolute Gasteiger partial charge is 0.333 e. The van der Waals surface area contributed by atoms with Gasteiger partial charge in [-0.05, 0) is 43.0 Å². The van der Waals surface area contributed by atoms with Crippen molar-refractivity contribution in [2.24, 2.45) is 0 Å². The zero-order chi connectivity index (χ0) is 16.2. The summed E-state index contributed by atoms with van der Waals surface area (Å²) in [5.41, 5.74) is 3.38. The SMILES string of the molecule is CCOc1cccc(N2CCc3ccccc3CC2)c1[N+](=O)[O-]. The van der Waals surface area contributed by atoms with Crippen LogP contribution >= 0.6 is 0 Å². The van der Waals surface area contributed by atoms with Crippen molar-refractivity contribution in [2.75, 3.05) is 24.6 Å². The molecule has 5 heteroatoms. The maximum Gasteiger partial charge on any atom is 0.333 e. The fraction of sp³-hybridized carbons (Fsp3) is 0.333. The molecule has 1 heterocycles. The highest BCUT2D eigenvalue weighted by molar-refractivity contribution is 5.70. The number of hydrogen-bond acceptors (Lipinski definition) is 4. The van der Waals surface area contributed by atoms with Gasteiger partial charge in [0.1, 0.15) is 5.69 Å². The summed E-state index contributed by atoms with van der Waals surface area (Å²) in [6.07, 6.45) is 1.79. The highest BCUT2D eigenvalue weighted by atomic mass is 16.6. The van der Waals surface area contributed by atoms with Crippen LogP contribution in [0.2, 0.25) is 0 Å². The largest absolute Gasteiger partial charge is 0.487 e. The molecule has 0 aromatic heterocycles. The van der Waals surface area contributed by atoms with Crippen LogP contribution in [0.5, 0.6) is 5.75 Å². The van der Waals surface area contributed by atoms with Crippen LogP contribution in [0.4, 0.5) is 11.4 Å². The zero-order valence-corrected chi connectivity index (χ0v) is 13.2. The van der Waals surface area contributed by atoms with Crippen molar-refractivity contribution in [3.8, 4) is 5.75 Å². The number of hydrogen-bond donors (Lipinski definition) is 0. The number of nitro groups is 1. The third kappa shape index (κ3) is 3.13. The Kier molecular flexibility index (Phi) is 4.46. The first-order valence-corrected chi connectivity index (χ1v) is 7.92. The molecular formula is C18H20N2O3. The van der Waals surface area contributed by atoms with Gasteiger partial charge in [0.2, 0.25) is 0 Å². The fourth-order valence-electron chi connectivity index (χ4n) is 3.13. The molecular weight excluding hydrogens is 292 g/mol. The molecule has 0 amide bonds. The van der Waals surface area contributed by atoms with Gasteiger partial charge >= 0.3 is 5.69 Å². The summed E-state index contributed by atoms with van der Waals surface area (Å²) in [4.78, 5) is 13.3. The third-order valence-corrected chi connectivity index (χ3v) is 4.22. The Hall–Kier alpha value is -2.56. The van der Waals surface area contributed by atoms with Crippen LogP contribution in [0.25, 0.3) is 0 Å². The third-order valence-electron chi connectivity index (χ3n) is 4.22. The first kappa shape index (κ1) is 15.3. The minimum absolute atomic E-state index is 0.0697. The van der Waals surface area contributed by atoms with E-state index in [1.165, 1.54) is 11.1 Å². The molecule has 23 heavy (non-hydrogen) atoms. The normalized spacial score (nSPS) is 14.0. The van der Waals surface area contributed by atoms with Gasteiger partial charge in [-0.15, -0.1) is 0 Å². The highest BCUT2D eigenvalue weighted by Gasteiger charge is 2.26. The standard InChI is InChI=1S/C18H20N2O3/c1-2-23-17-9-5-8-16(18(17)20(21)22)19-12-10-14-6-3-4-7-15(14)11-13-19/h3-9H,2,10-13H2,1H3. The molecule has 2 aromatic carbocycles. The number of nitrogens with zero attached hydrogens (tertiary/aromatic N) is 2. The topological polar surface area (TPSA) is 55.6 Å². The van der Waals surface area contributed by atoms with Crippen molar-refractivity contribution >= 4 is 11.4 Å². The van der Waals surface area contributed by atoms with E-state index in [0.717, 1.165) is 25.9 Å². The molecule has 0 aliphatic carbocycles. The number of ether oxygens (including phenoxy) is 1. The van der Waals surface area contributed by atoms with Gasteiger partial charge in [-0.3, -0.25) is 10.1 Å². The fourth-order valence-corrected chi connectivity index (χ4v) is 3.13. The second-order valence-electron chi connectivity index (χ2n) is 5.57. The Morgan fingerprint density at radius 3 is 2.30 bits per heavy atom. The number of fused-ring (bicyclic) bond motifs is 1. The van der Waals surface area contributed by atoms with Crippen molar-refractivity contribution < 1.29 is 9.66 Å². The number of anilines is 1. The van der Waals surface area contributed by atoms with Crippen LogP contribution in [0.15, 0.2) is 42.5 Å². The molecule has 120 valence electrons. The van der Waals surface area contributed by atoms with Gasteiger partial charge in [0, 0.05) is 13.1 Å². The van der Waals surface area contributed by atoms with Gasteiger partial charge in [-0.2, -0.15) is 0 Å². The van der Waals surface area contributed by atoms with Crippen LogP contribution in [0.3, 0.4) is 0 Å². The monoisotopic (exact) mass is 312 g/mol. The predicted molar refractivity (Wildman–Crippen MR) is 90.3 cm³/mol. The maximum absolute atomic E-state index is 11.6. The average Bonchev–Trinajstić information content (AvgIpc) is 2.77. The van der Waals surface area contributed by atoms with E-state index in [9.17, 15) is 10.1 Å². The van der Waals surface area contributed by atoms with Crippen LogP contribution in [-0.2, 0) is 12.8 Å². The molecule has 0 spiro atoms. The summed E-state index contributed by atoms with van der Waals surface area (Å²) in [6.45, 7) is 3.79. The second-order valence-corrected chi connectivity index (χ2v) is 5.57. The molecule has 0 N–H and O–H groups in total. The first-order chi connectivity index (χ1) is 11.2. The van der Waals surface area contributed by atoms with E-state index in [0.29, 0.717) is 18.0 Å². The van der Waals surface area contributed by atoms with Crippen LogP contribution < -0.4 is 9.64 Å². The van der Waals surface area contributed by atoms with Gasteiger partial charge in [-0.25, -0.2) is 0 Å². The summed E-state index contributed by atoms with van der Waals surface area (Å²) in [5.74, 6) is 0.344. The van der Waals surface area contributed by atoms with Crippen molar-refractivity contribution in [1.82, 2.24) is 0 Å². The van der Waals surface area contributed by atoms with Crippen LogP contribution in [0.1, 0.15) is 18.1 Å². The van der Waals surface area contributed by atoms with Crippen LogP contribution in [0, 0.1) is 10.1 Å². The second kappa shape index (κ2) is 6.69. The minimum atomic E-state index is -0.335. The Balaban J connectivity index is 1.93. The van der Waals surface area contributed by atoms with E-state index in [-0.39, 0.29) is 10.6 Å². The lowest BCUT2D eigenvalue weighted by Gasteiger charge is -2.23. The highest BCUT2D eigenvalue weighted by Crippen LogP contribution is 2.37. The Labute approximate surface area is 135 Å². The number of nitro benzene ring substituents is 1. The van der Waals surface area contributed by atoms with Gasteiger partial charge in [0.25, 0.3) is 0 Å². The molecule has 2 aromatic rings. The van der Waals surface area contributed by atoms with Crippen molar-refractivity contribution in [3.63, 3.8) is 0 Å². The lowest BCUT2D eigenvalue weighted by Crippen LogP contribution is -2.26. The number of para-hydroxylation sites is 1. The molecule has 0 saturated carbocycles. The minimum Gasteiger partial charge on any atom is -0.487 e. The van der Waals surface area contributed by atoms with Crippen LogP contribution in [-0.4, -0.2) is 24.6 Å². The summed E-state index contributed by atoms with van der Waals surface area (Å²) in [5, 5.41) is 11.6. The molecule has 0 fully saturated rings. The van der Waals surface area contributed by atoms with Crippen molar-refractivity contribution in [1.29, 1.82) is 0 Å². The van der Waals surface area contributed by atoms with Gasteiger partial charge in [0.15, 0.2) is 5.75 Å². The molecule has 5 nitrogen and oxygen atoms in total. The van der Waals surface area contributed by atoms with Crippen molar-refractivity contribution in [3.05, 3.63) is 63.7 Å². The molecule has 0 radical (unpaired) electrons. The van der Waals surface area contributed by atoms with Crippen molar-refractivity contribution in [2.45, 2.75) is 19.8 Å². The van der Waals surface area contributed by atoms with Gasteiger partial charge in [0.05, 0.1) is 11.5 Å². The van der Waals surface area contributed by atoms with E-state index in [1.54, 1.807) is 6.07 Å². The van der Waals surface area contributed by atoms with Gasteiger partial charge in [-0.1, -0.05) is 30.3 Å². The molecule has 0 bridgehead atoms. The molecule has 0 atom stereocenters. The van der Waals surface area contributed by atoms with E-state index in [2.05, 4.69) is 17.0 Å². The average molecular weight is 312 g/mol. The summed E-state index contributed by atoms with van der Waals surface area (Å²) in [6, 6.07) is 13.7. The quantitative estimate of drug-likeness (QED) is 0.639. The lowest BCUT2D eigenvalue weighted by atomic mass is 10.0. The summed E-state index contributed by atoms with van der Waals surface area (Å²) >= 11 is 0. The summed E-state index contributed by atoms with van der Waals surface area (Å²) in [7, 11) is 0. The van der Waals surface area contributed by atoms with Gasteiger partial charge < -0.3 is 9.64 Å². The molecule has 0 unspecified atom stereocenters. The molecule has 0 saturated heterocycles. The first-order valence-electron chi connectivity index (χ1n) is 7.92. The number of rotatable bonds is 4. The lowest BCUT2D eigenvalue weighted by molar-refractivity contribution is -0.385. The zero-order valence-electron chi connectivity index (χ0n) is 13.2. The predicted octanol–water partition coefficient (Wildman–Crippen LogP) is 3.60. The number of benzene rings is 2. The van der Waals surface area contributed by atoms with E-state index < -0.39 is 0 Å². The molecule has 1 aliphatic rings. The molecule has 3 rings (SSSR count).